The van der Waals surface area contributed by atoms with Crippen LogP contribution in [0, 0.1) is 11.8 Å². The molecule has 0 radical (unpaired) electrons. The summed E-state index contributed by atoms with van der Waals surface area (Å²) in [5, 5.41) is 5.67. The lowest BCUT2D eigenvalue weighted by Crippen LogP contribution is -2.55. The fourth-order valence-corrected chi connectivity index (χ4v) is 5.66. The Morgan fingerprint density at radius 2 is 1.72 bits per heavy atom. The van der Waals surface area contributed by atoms with Gasteiger partial charge in [0.1, 0.15) is 11.4 Å². The van der Waals surface area contributed by atoms with Crippen molar-refractivity contribution >= 4 is 28.6 Å². The molecule has 0 N–H and O–H groups in total. The SMILES string of the molecule is CC(C)n1ncc2cc(-c3ccc(C4=NC5(CC5)C(=O)N4CC4CN(C(=O)C5CC5)C4)cc3)ccc21. The van der Waals surface area contributed by atoms with Crippen molar-refractivity contribution in [3.05, 3.63) is 54.2 Å². The summed E-state index contributed by atoms with van der Waals surface area (Å²) in [6.07, 6.45) is 5.68. The molecule has 184 valence electrons. The molecule has 3 fully saturated rings. The second kappa shape index (κ2) is 7.76. The molecule has 2 aliphatic heterocycles. The van der Waals surface area contributed by atoms with Crippen LogP contribution in [0.25, 0.3) is 22.0 Å². The van der Waals surface area contributed by atoms with Crippen LogP contribution in [-0.2, 0) is 9.59 Å². The lowest BCUT2D eigenvalue weighted by atomic mass is 9.97. The number of rotatable bonds is 6. The third-order valence-electron chi connectivity index (χ3n) is 8.14. The van der Waals surface area contributed by atoms with Gasteiger partial charge in [-0.2, -0.15) is 5.10 Å². The number of hydrogen-bond donors (Lipinski definition) is 0. The van der Waals surface area contributed by atoms with Crippen molar-refractivity contribution in [2.75, 3.05) is 19.6 Å². The van der Waals surface area contributed by atoms with E-state index < -0.39 is 5.54 Å². The highest BCUT2D eigenvalue weighted by Crippen LogP contribution is 2.46. The van der Waals surface area contributed by atoms with Crippen molar-refractivity contribution in [1.29, 1.82) is 0 Å². The first-order chi connectivity index (χ1) is 17.4. The quantitative estimate of drug-likeness (QED) is 0.528. The molecule has 4 aliphatic rings. The van der Waals surface area contributed by atoms with Gasteiger partial charge < -0.3 is 4.90 Å². The molecule has 0 unspecified atom stereocenters. The van der Waals surface area contributed by atoms with E-state index in [1.54, 1.807) is 0 Å². The second-order valence-electron chi connectivity index (χ2n) is 11.3. The van der Waals surface area contributed by atoms with Gasteiger partial charge in [0.2, 0.25) is 5.91 Å². The van der Waals surface area contributed by atoms with Crippen LogP contribution >= 0.6 is 0 Å². The first-order valence-electron chi connectivity index (χ1n) is 13.2. The van der Waals surface area contributed by atoms with Gasteiger partial charge >= 0.3 is 0 Å². The summed E-state index contributed by atoms with van der Waals surface area (Å²) in [5.41, 5.74) is 3.87. The van der Waals surface area contributed by atoms with Gasteiger partial charge in [0, 0.05) is 48.5 Å². The molecule has 7 rings (SSSR count). The predicted octanol–water partition coefficient (Wildman–Crippen LogP) is 4.27. The fourth-order valence-electron chi connectivity index (χ4n) is 5.66. The molecule has 2 saturated carbocycles. The number of aromatic nitrogens is 2. The van der Waals surface area contributed by atoms with Crippen LogP contribution < -0.4 is 0 Å². The molecule has 1 spiro atoms. The number of carbonyl (C=O) groups is 2. The van der Waals surface area contributed by atoms with Crippen LogP contribution in [0.4, 0.5) is 0 Å². The Balaban J connectivity index is 1.10. The molecule has 2 aromatic carbocycles. The van der Waals surface area contributed by atoms with Crippen LogP contribution in [0.15, 0.2) is 53.7 Å². The maximum Gasteiger partial charge on any atom is 0.256 e. The third kappa shape index (κ3) is 3.47. The number of hydrogen-bond acceptors (Lipinski definition) is 4. The molecule has 0 atom stereocenters. The minimum Gasteiger partial charge on any atom is -0.342 e. The summed E-state index contributed by atoms with van der Waals surface area (Å²) in [7, 11) is 0. The van der Waals surface area contributed by atoms with E-state index in [0.29, 0.717) is 24.4 Å². The molecular weight excluding hydrogens is 450 g/mol. The highest BCUT2D eigenvalue weighted by atomic mass is 16.2. The number of aliphatic imine (C=N–C) groups is 1. The van der Waals surface area contributed by atoms with Crippen molar-refractivity contribution in [1.82, 2.24) is 19.6 Å². The van der Waals surface area contributed by atoms with Crippen LogP contribution in [0.5, 0.6) is 0 Å². The number of carbonyl (C=O) groups excluding carboxylic acids is 2. The first-order valence-corrected chi connectivity index (χ1v) is 13.2. The van der Waals surface area contributed by atoms with E-state index in [1.165, 1.54) is 0 Å². The van der Waals surface area contributed by atoms with Crippen LogP contribution in [0.2, 0.25) is 0 Å². The lowest BCUT2D eigenvalue weighted by molar-refractivity contribution is -0.139. The van der Waals surface area contributed by atoms with Gasteiger partial charge in [-0.15, -0.1) is 0 Å². The zero-order chi connectivity index (χ0) is 24.6. The van der Waals surface area contributed by atoms with E-state index in [1.807, 2.05) is 20.7 Å². The number of amides is 2. The van der Waals surface area contributed by atoms with Crippen LogP contribution in [0.1, 0.15) is 51.1 Å². The van der Waals surface area contributed by atoms with Gasteiger partial charge in [0.15, 0.2) is 0 Å². The summed E-state index contributed by atoms with van der Waals surface area (Å²) in [5.74, 6) is 1.83. The normalized spacial score (nSPS) is 21.0. The maximum atomic E-state index is 13.3. The summed E-state index contributed by atoms with van der Waals surface area (Å²) in [4.78, 5) is 34.4. The van der Waals surface area contributed by atoms with Gasteiger partial charge in [-0.3, -0.25) is 24.2 Å². The van der Waals surface area contributed by atoms with Crippen molar-refractivity contribution in [2.45, 2.75) is 51.1 Å². The Morgan fingerprint density at radius 1 is 1.03 bits per heavy atom. The fraction of sp³-hybridized carbons (Fsp3) is 0.448. The molecule has 0 bridgehead atoms. The lowest BCUT2D eigenvalue weighted by Gasteiger charge is -2.41. The first kappa shape index (κ1) is 21.8. The third-order valence-corrected chi connectivity index (χ3v) is 8.14. The summed E-state index contributed by atoms with van der Waals surface area (Å²) < 4.78 is 2.04. The zero-order valence-electron chi connectivity index (χ0n) is 20.9. The van der Waals surface area contributed by atoms with Gasteiger partial charge in [-0.25, -0.2) is 0 Å². The average Bonchev–Trinajstić information content (AvgIpc) is 3.77. The molecule has 7 heteroatoms. The van der Waals surface area contributed by atoms with Gasteiger partial charge in [-0.1, -0.05) is 30.3 Å². The molecule has 1 aromatic heterocycles. The topological polar surface area (TPSA) is 70.8 Å². The highest BCUT2D eigenvalue weighted by molar-refractivity contribution is 6.16. The highest BCUT2D eigenvalue weighted by Gasteiger charge is 2.57. The minimum absolute atomic E-state index is 0.140. The maximum absolute atomic E-state index is 13.3. The number of likely N-dealkylation sites (tertiary alicyclic amines) is 1. The Hall–Kier alpha value is -3.48. The molecule has 3 aromatic rings. The summed E-state index contributed by atoms with van der Waals surface area (Å²) in [6.45, 7) is 6.44. The van der Waals surface area contributed by atoms with E-state index in [4.69, 9.17) is 4.99 Å². The van der Waals surface area contributed by atoms with Gasteiger partial charge in [0.25, 0.3) is 5.91 Å². The van der Waals surface area contributed by atoms with Crippen LogP contribution in [0.3, 0.4) is 0 Å². The summed E-state index contributed by atoms with van der Waals surface area (Å²) >= 11 is 0. The van der Waals surface area contributed by atoms with E-state index >= 15 is 0 Å². The molecule has 3 heterocycles. The molecular formula is C29H31N5O2. The summed E-state index contributed by atoms with van der Waals surface area (Å²) in [6, 6.07) is 15.2. The second-order valence-corrected chi connectivity index (χ2v) is 11.3. The van der Waals surface area contributed by atoms with Crippen molar-refractivity contribution in [2.24, 2.45) is 16.8 Å². The van der Waals surface area contributed by atoms with E-state index in [2.05, 4.69) is 61.4 Å². The van der Waals surface area contributed by atoms with Crippen molar-refractivity contribution in [3.63, 3.8) is 0 Å². The number of amidine groups is 1. The largest absolute Gasteiger partial charge is 0.342 e. The predicted molar refractivity (Wildman–Crippen MR) is 139 cm³/mol. The van der Waals surface area contributed by atoms with Gasteiger partial charge in [-0.05, 0) is 62.8 Å². The number of nitrogens with zero attached hydrogens (tertiary/aromatic N) is 5. The zero-order valence-corrected chi connectivity index (χ0v) is 20.9. The Kier molecular flexibility index (Phi) is 4.69. The number of fused-ring (bicyclic) bond motifs is 1. The van der Waals surface area contributed by atoms with E-state index in [0.717, 1.165) is 72.2 Å². The van der Waals surface area contributed by atoms with Crippen molar-refractivity contribution in [3.8, 4) is 11.1 Å². The molecule has 1 saturated heterocycles. The standard InChI is InChI=1S/C29H31N5O2/c1-18(2)34-25-10-9-23(13-24(25)14-30-34)20-3-5-21(6-4-20)26-31-29(11-12-29)28(36)33(26)17-19-15-32(16-19)27(35)22-7-8-22/h3-6,9-10,13-14,18-19,22H,7-8,11-12,15-17H2,1-2H3. The Bertz CT molecular complexity index is 1410. The Labute approximate surface area is 210 Å². The molecule has 36 heavy (non-hydrogen) atoms. The van der Waals surface area contributed by atoms with E-state index in [-0.39, 0.29) is 11.8 Å². The number of benzene rings is 2. The monoisotopic (exact) mass is 481 g/mol. The molecule has 2 aliphatic carbocycles. The average molecular weight is 482 g/mol. The molecule has 2 amide bonds. The van der Waals surface area contributed by atoms with Crippen LogP contribution in [-0.4, -0.2) is 62.4 Å². The van der Waals surface area contributed by atoms with E-state index in [9.17, 15) is 9.59 Å². The Morgan fingerprint density at radius 3 is 2.39 bits per heavy atom. The smallest absolute Gasteiger partial charge is 0.256 e. The minimum atomic E-state index is -0.525. The van der Waals surface area contributed by atoms with Crippen molar-refractivity contribution < 1.29 is 9.59 Å². The van der Waals surface area contributed by atoms with Gasteiger partial charge in [0.05, 0.1) is 11.7 Å². The molecule has 7 nitrogen and oxygen atoms in total.